The second-order valence-electron chi connectivity index (χ2n) is 33.4. The summed E-state index contributed by atoms with van der Waals surface area (Å²) in [6, 6.07) is -6.87. The van der Waals surface area contributed by atoms with Crippen molar-refractivity contribution in [1.82, 2.24) is 15.4 Å². The molecule has 9 fully saturated rings. The van der Waals surface area contributed by atoms with E-state index >= 15 is 0 Å². The van der Waals surface area contributed by atoms with Gasteiger partial charge in [0.25, 0.3) is 0 Å². The molecule has 0 aromatic rings. The zero-order chi connectivity index (χ0) is 107. The van der Waals surface area contributed by atoms with Gasteiger partial charge in [-0.25, -0.2) is 34.9 Å². The second-order valence-corrected chi connectivity index (χ2v) is 36.6. The van der Waals surface area contributed by atoms with Crippen LogP contribution in [0.25, 0.3) is 0 Å². The third-order valence-corrected chi connectivity index (χ3v) is 25.8. The van der Waals surface area contributed by atoms with E-state index in [2.05, 4.69) is 36.6 Å². The zero-order valence-corrected chi connectivity index (χ0v) is 81.6. The smallest absolute Gasteiger partial charge is 0.218 e. The molecule has 2 amide bonds. The Morgan fingerprint density at radius 2 is 0.810 bits per heavy atom. The molecule has 0 saturated carbocycles. The van der Waals surface area contributed by atoms with Crippen molar-refractivity contribution in [2.75, 3.05) is 115 Å². The molecule has 18 unspecified atom stereocenters. The Balaban J connectivity index is 0.000000394. The molecule has 9 heterocycles. The summed E-state index contributed by atoms with van der Waals surface area (Å²) in [7, 11) is -9.66. The number of ether oxygens (including phenoxy) is 19. The lowest BCUT2D eigenvalue weighted by Gasteiger charge is -2.49. The Morgan fingerprint density at radius 3 is 1.26 bits per heavy atom. The van der Waals surface area contributed by atoms with E-state index in [4.69, 9.17) is 116 Å². The van der Waals surface area contributed by atoms with Gasteiger partial charge in [-0.3, -0.25) is 23.0 Å². The number of hydrogen-bond acceptors (Lipinski definition) is 61. The van der Waals surface area contributed by atoms with Crippen LogP contribution in [0.3, 0.4) is 0 Å². The molecule has 9 rings (SSSR count). The molecule has 9 saturated heterocycles. The molecule has 45 atom stereocenters. The standard InChI is InChI=1S/C20H39N3O12.C20H35NO13.C18H33NO19S3.C16H27NO12.ClH.OS/c1-6-7(3-24)31-19(10(21)13(6)27)34-17-9(5-26)33-20(12(23)15(17)29)35-16-8(4-25)32-18(30-2)11(22)14(16)28;1-4-10-16(24)17(25)14(32-19(10)20(26)27)8-30-6-11-15(21-9(2)23)13(7-29-3)31-12(5-22)18(11)33-34-28;1-3-8-15(21)17(38-41(30,31)32)12(37-16(8)18(22)23)6-34-4-9-10(7-35-40(27,28)29)36-11(5-33-2)13(14(9)20)19-39(24,25)26;1-5(19)17-7-11(8(20)6(4-18)27-15(7)26-3)28-16-10(22)9(21)12(25-2)13(29-16)14(23)24;;1-2/h6-20,24-29H,3-5,21-23H2,1-2H3;10-19,22,24-25,28H,4-8H2,1-3H3,(H,21,23)(H,26,27);8-17,19-21H,3-7H2,1-2H3,(H,22,23)(H,24,25,26)(H,27,28,29)(H,30,31,32);6-13,15-16,18,20-22H,4H2,1-3H3,(H,17,19)(H,23,24);1H;/p-7/t6-,7+,8+,9?,10?,11?,12?,13?,14?,15-,16-,17-,18-,19+,20+;10-,11-,12?,13-,14-,15?,16+,17?,18+,19?;8-,9+,10?,11+,12+,13?,14+,15+,16?,17?;6?,7?,8-,9-,10?,11-,12+,13?,15-,16-;;/m1001../s1. The second kappa shape index (κ2) is 60.6. The van der Waals surface area contributed by atoms with Crippen LogP contribution >= 0.6 is 12.4 Å². The quantitative estimate of drug-likeness (QED) is 0.0117. The van der Waals surface area contributed by atoms with Gasteiger partial charge in [-0.05, 0) is 12.8 Å². The van der Waals surface area contributed by atoms with Crippen molar-refractivity contribution in [2.45, 2.75) is 292 Å². The monoisotopic (exact) mass is 2180 g/mol. The summed E-state index contributed by atoms with van der Waals surface area (Å²) in [5.74, 6) is -10.8. The number of aliphatic hydroxyl groups is 15. The number of rotatable bonds is 42. The molecule has 24 N–H and O–H groups in total. The Hall–Kier alpha value is -4.33. The molecule has 68 heteroatoms. The summed E-state index contributed by atoms with van der Waals surface area (Å²) < 4.78 is 221. The highest BCUT2D eigenvalue weighted by Crippen LogP contribution is 2.39. The van der Waals surface area contributed by atoms with Gasteiger partial charge in [0.1, 0.15) is 146 Å². The number of nitrogens with one attached hydrogen (secondary N) is 3. The molecule has 142 heavy (non-hydrogen) atoms. The number of methoxy groups -OCH3 is 5. The fraction of sp³-hybridized carbons (Fsp3) is 0.932. The number of carbonyl (C=O) groups excluding carboxylic acids is 5. The lowest BCUT2D eigenvalue weighted by atomic mass is 9.84. The lowest BCUT2D eigenvalue weighted by molar-refractivity contribution is -0.807. The summed E-state index contributed by atoms with van der Waals surface area (Å²) in [6.07, 6.45) is -46.9. The highest BCUT2D eigenvalue weighted by atomic mass is 35.5. The first kappa shape index (κ1) is 130. The number of carboxylic acid groups (broad SMARTS) is 3. The number of carbonyl (C=O) groups is 5. The van der Waals surface area contributed by atoms with Gasteiger partial charge in [-0.15, -0.1) is 12.4 Å². The van der Waals surface area contributed by atoms with E-state index in [-0.39, 0.29) is 45.1 Å². The maximum Gasteiger partial charge on any atom is 0.218 e. The van der Waals surface area contributed by atoms with Crippen molar-refractivity contribution >= 4 is 85.8 Å². The molecular weight excluding hydrogens is 2050 g/mol. The predicted octanol–water partition coefficient (Wildman–Crippen LogP) is -21.4. The van der Waals surface area contributed by atoms with Crippen LogP contribution in [-0.4, -0.2) is 509 Å². The van der Waals surface area contributed by atoms with Crippen molar-refractivity contribution in [3.05, 3.63) is 0 Å². The van der Waals surface area contributed by atoms with Crippen molar-refractivity contribution < 1.29 is 273 Å². The minimum atomic E-state index is -5.46. The van der Waals surface area contributed by atoms with Crippen molar-refractivity contribution in [3.63, 3.8) is 0 Å². The number of aliphatic hydroxyl groups excluding tert-OH is 15. The predicted molar refractivity (Wildman–Crippen MR) is 444 cm³/mol. The minimum absolute atomic E-state index is 0. The van der Waals surface area contributed by atoms with E-state index < -0.39 is 395 Å². The maximum absolute atomic E-state index is 11.8. The first-order chi connectivity index (χ1) is 66.2. The number of nitrogens with two attached hydrogens (primary N) is 3. The number of amides is 2. The Labute approximate surface area is 823 Å². The summed E-state index contributed by atoms with van der Waals surface area (Å²) in [6.45, 7) is 0.945. The molecule has 9 aliphatic rings. The number of aliphatic carboxylic acids is 3. The van der Waals surface area contributed by atoms with Gasteiger partial charge in [-0.2, -0.15) is 4.21 Å². The summed E-state index contributed by atoms with van der Waals surface area (Å²) >= 11 is 2.83. The molecular formula is C74H128ClN6O57S4-7. The Bertz CT molecular complexity index is 4100. The van der Waals surface area contributed by atoms with Crippen LogP contribution in [-0.2, 0) is 176 Å². The molecule has 9 aliphatic heterocycles. The largest absolute Gasteiger partial charge is 0.735 e. The van der Waals surface area contributed by atoms with Gasteiger partial charge in [0.05, 0.1) is 164 Å². The minimum Gasteiger partial charge on any atom is -0.735 e. The SMILES string of the molecule is CC[C@@H]1C(C(=O)[O-])O[C@@H](COC[C@H]2C(NC(C)=O)[C@H](COC)OC(CO)[C@@H]2OO[O-])C(O)[C@@H]1O.CC[C@@H]1C(C(=O)[O-])O[C@H](COC[C@@H]2C(COS(=O)(=O)[O-])O[C@H](COC)C(NS(=O)(=O)[O-])[C@@H]2O)C(OS(=O)(=O)[O-])[C@@H]1O.CO[C@@H]1OC(CO)[C@@H](O)[C@H](O[C@@H]2OC(C(=O)[O-])[C@@H](OC)[C@H](O)C2O)C1NC(C)=O.CO[C@@H]1O[C@@H](CO)[C@@H](O[C@@H]2OC(CO)[C@@H](O[C@@H]3O[C@@H](CO)[C@@H](C)C(O)C3N)[C@H](O)C2N)C(O)C1N.Cl.O=S. The van der Waals surface area contributed by atoms with E-state index in [1.807, 2.05) is 0 Å². The summed E-state index contributed by atoms with van der Waals surface area (Å²) in [5.41, 5.74) is 18.1. The van der Waals surface area contributed by atoms with Crippen LogP contribution in [0.2, 0.25) is 0 Å². The van der Waals surface area contributed by atoms with Crippen LogP contribution in [0.1, 0.15) is 47.5 Å². The maximum atomic E-state index is 11.8. The number of halogens is 1. The Kier molecular flexibility index (Phi) is 55.5. The summed E-state index contributed by atoms with van der Waals surface area (Å²) in [4.78, 5) is 62.5. The first-order valence-electron chi connectivity index (χ1n) is 43.2. The third-order valence-electron chi connectivity index (χ3n) is 24.3. The average molecular weight is 2180 g/mol. The van der Waals surface area contributed by atoms with E-state index in [0.29, 0.717) is 0 Å². The van der Waals surface area contributed by atoms with E-state index in [9.17, 15) is 160 Å². The van der Waals surface area contributed by atoms with E-state index in [0.717, 1.165) is 14.2 Å². The molecule has 0 aromatic heterocycles. The van der Waals surface area contributed by atoms with Crippen molar-refractivity contribution in [2.24, 2.45) is 46.8 Å². The number of carboxylic acids is 3. The molecule has 63 nitrogen and oxygen atoms in total. The van der Waals surface area contributed by atoms with Crippen LogP contribution in [0.15, 0.2) is 0 Å². The lowest BCUT2D eigenvalue weighted by Crippen LogP contribution is -2.69. The molecule has 0 aromatic carbocycles. The molecule has 834 valence electrons. The van der Waals surface area contributed by atoms with Gasteiger partial charge >= 0.3 is 0 Å². The fourth-order valence-corrected chi connectivity index (χ4v) is 18.7. The van der Waals surface area contributed by atoms with Gasteiger partial charge in [0.2, 0.25) is 32.6 Å². The van der Waals surface area contributed by atoms with E-state index in [1.54, 1.807) is 18.6 Å². The van der Waals surface area contributed by atoms with Crippen molar-refractivity contribution in [1.29, 1.82) is 0 Å². The molecule has 0 radical (unpaired) electrons. The highest BCUT2D eigenvalue weighted by molar-refractivity contribution is 7.83. The molecule has 0 aliphatic carbocycles. The van der Waals surface area contributed by atoms with Gasteiger partial charge < -0.3 is 243 Å². The van der Waals surface area contributed by atoms with Crippen LogP contribution < -0.4 is 53.1 Å². The van der Waals surface area contributed by atoms with Gasteiger partial charge in [0, 0.05) is 79.0 Å². The van der Waals surface area contributed by atoms with Crippen LogP contribution in [0.4, 0.5) is 0 Å². The summed E-state index contributed by atoms with van der Waals surface area (Å²) in [5, 5.41) is 207. The fourth-order valence-electron chi connectivity index (χ4n) is 17.2. The molecule has 0 spiro atoms. The molecule has 0 bridgehead atoms. The van der Waals surface area contributed by atoms with Gasteiger partial charge in [-0.1, -0.05) is 20.8 Å². The topological polar surface area (TPSA) is 996 Å². The van der Waals surface area contributed by atoms with Crippen LogP contribution in [0.5, 0.6) is 0 Å². The highest BCUT2D eigenvalue weighted by Gasteiger charge is 2.58. The Morgan fingerprint density at radius 1 is 0.380 bits per heavy atom. The van der Waals surface area contributed by atoms with Gasteiger partial charge in [0.15, 0.2) is 54.3 Å². The van der Waals surface area contributed by atoms with Crippen molar-refractivity contribution in [3.8, 4) is 0 Å². The number of hydrogen-bond donors (Lipinski definition) is 21. The first-order valence-corrected chi connectivity index (χ1v) is 47.6. The van der Waals surface area contributed by atoms with E-state index in [1.165, 1.54) is 42.1 Å². The van der Waals surface area contributed by atoms with Crippen LogP contribution in [0, 0.1) is 29.6 Å². The average Bonchev–Trinajstić information content (AvgIpc) is 0.771. The normalized spacial score (nSPS) is 40.9. The zero-order valence-electron chi connectivity index (χ0n) is 77.5. The third kappa shape index (κ3) is 35.1.